The number of amidine groups is 1. The molecule has 0 aliphatic carbocycles. The first-order valence-corrected chi connectivity index (χ1v) is 6.23. The molecule has 4 nitrogen and oxygen atoms in total. The van der Waals surface area contributed by atoms with Crippen molar-refractivity contribution in [3.63, 3.8) is 0 Å². The van der Waals surface area contributed by atoms with Crippen molar-refractivity contribution in [2.24, 2.45) is 15.2 Å². The maximum atomic E-state index is 13.5. The van der Waals surface area contributed by atoms with Gasteiger partial charge in [0.15, 0.2) is 0 Å². The minimum atomic E-state index is -0.535. The first-order chi connectivity index (χ1) is 8.58. The zero-order chi connectivity index (χ0) is 13.1. The number of hydrogen-bond acceptors (Lipinski definition) is 4. The third-order valence-electron chi connectivity index (χ3n) is 2.11. The Kier molecular flexibility index (Phi) is 3.88. The Morgan fingerprint density at radius 2 is 2.17 bits per heavy atom. The van der Waals surface area contributed by atoms with E-state index in [1.54, 1.807) is 6.07 Å². The van der Waals surface area contributed by atoms with E-state index in [0.717, 1.165) is 11.8 Å². The topological polar surface area (TPSA) is 54.1 Å². The maximum Gasteiger partial charge on any atom is 0.299 e. The molecule has 0 saturated heterocycles. The van der Waals surface area contributed by atoms with E-state index in [4.69, 9.17) is 11.6 Å². The van der Waals surface area contributed by atoms with Gasteiger partial charge in [-0.25, -0.2) is 4.39 Å². The van der Waals surface area contributed by atoms with Gasteiger partial charge in [0.1, 0.15) is 11.5 Å². The van der Waals surface area contributed by atoms with Crippen LogP contribution in [0.2, 0.25) is 5.02 Å². The smallest absolute Gasteiger partial charge is 0.265 e. The van der Waals surface area contributed by atoms with E-state index >= 15 is 0 Å². The van der Waals surface area contributed by atoms with Gasteiger partial charge in [0.2, 0.25) is 5.17 Å². The van der Waals surface area contributed by atoms with Crippen LogP contribution in [0.1, 0.15) is 5.56 Å². The van der Waals surface area contributed by atoms with E-state index in [2.05, 4.69) is 21.8 Å². The number of halogens is 2. The van der Waals surface area contributed by atoms with Crippen LogP contribution in [0, 0.1) is 5.82 Å². The van der Waals surface area contributed by atoms with E-state index in [9.17, 15) is 9.18 Å². The summed E-state index contributed by atoms with van der Waals surface area (Å²) >= 11 is 6.96. The first kappa shape index (κ1) is 12.9. The van der Waals surface area contributed by atoms with Crippen molar-refractivity contribution in [1.82, 2.24) is 0 Å². The predicted octanol–water partition coefficient (Wildman–Crippen LogP) is 3.57. The Morgan fingerprint density at radius 1 is 1.39 bits per heavy atom. The number of thioether (sulfide) groups is 1. The van der Waals surface area contributed by atoms with Crippen LogP contribution in [0.15, 0.2) is 45.7 Å². The number of aliphatic imine (C=N–C) groups is 1. The summed E-state index contributed by atoms with van der Waals surface area (Å²) in [6, 6.07) is 4.44. The molecule has 0 unspecified atom stereocenters. The normalized spacial score (nSPS) is 14.9. The van der Waals surface area contributed by atoms with Gasteiger partial charge >= 0.3 is 0 Å². The van der Waals surface area contributed by atoms with Crippen molar-refractivity contribution < 1.29 is 9.18 Å². The van der Waals surface area contributed by atoms with Crippen molar-refractivity contribution in [2.45, 2.75) is 5.75 Å². The minimum absolute atomic E-state index is 0.0109. The molecule has 1 aliphatic heterocycles. The second-order valence-electron chi connectivity index (χ2n) is 3.34. The monoisotopic (exact) mass is 283 g/mol. The number of amides is 1. The molecule has 1 aromatic rings. The highest BCUT2D eigenvalue weighted by Crippen LogP contribution is 2.26. The lowest BCUT2D eigenvalue weighted by molar-refractivity contribution is -0.114. The molecule has 0 bridgehead atoms. The third kappa shape index (κ3) is 2.83. The molecule has 0 radical (unpaired) electrons. The van der Waals surface area contributed by atoms with Crippen LogP contribution in [0.25, 0.3) is 0 Å². The second-order valence-corrected chi connectivity index (χ2v) is 4.68. The molecule has 0 spiro atoms. The van der Waals surface area contributed by atoms with Gasteiger partial charge in [0.05, 0.1) is 0 Å². The Bertz CT molecular complexity index is 565. The van der Waals surface area contributed by atoms with Crippen molar-refractivity contribution in [1.29, 1.82) is 0 Å². The third-order valence-corrected chi connectivity index (χ3v) is 3.33. The van der Waals surface area contributed by atoms with Gasteiger partial charge in [0, 0.05) is 16.3 Å². The molecule has 0 fully saturated rings. The quantitative estimate of drug-likeness (QED) is 0.779. The summed E-state index contributed by atoms with van der Waals surface area (Å²) < 4.78 is 13.5. The highest BCUT2D eigenvalue weighted by molar-refractivity contribution is 8.13. The molecule has 1 heterocycles. The maximum absolute atomic E-state index is 13.5. The highest BCUT2D eigenvalue weighted by Gasteiger charge is 2.15. The van der Waals surface area contributed by atoms with Crippen LogP contribution < -0.4 is 0 Å². The Morgan fingerprint density at radius 3 is 2.83 bits per heavy atom. The van der Waals surface area contributed by atoms with Gasteiger partial charge in [-0.2, -0.15) is 4.99 Å². The van der Waals surface area contributed by atoms with Gasteiger partial charge in [-0.3, -0.25) is 4.79 Å². The molecule has 2 rings (SSSR count). The molecule has 1 amide bonds. The van der Waals surface area contributed by atoms with E-state index in [0.29, 0.717) is 10.6 Å². The van der Waals surface area contributed by atoms with Crippen molar-refractivity contribution in [3.05, 3.63) is 46.9 Å². The van der Waals surface area contributed by atoms with Crippen LogP contribution in [-0.2, 0) is 10.5 Å². The van der Waals surface area contributed by atoms with Crippen molar-refractivity contribution >= 4 is 34.4 Å². The largest absolute Gasteiger partial charge is 0.299 e. The number of benzene rings is 1. The fourth-order valence-corrected chi connectivity index (χ4v) is 2.31. The molecule has 0 N–H and O–H groups in total. The summed E-state index contributed by atoms with van der Waals surface area (Å²) in [7, 11) is 0. The molecule has 7 heteroatoms. The molecule has 0 saturated carbocycles. The number of carbonyl (C=O) groups is 1. The molecule has 0 atom stereocenters. The summed E-state index contributed by atoms with van der Waals surface area (Å²) in [5, 5.41) is 7.74. The van der Waals surface area contributed by atoms with Crippen LogP contribution in [0.4, 0.5) is 4.39 Å². The van der Waals surface area contributed by atoms with Gasteiger partial charge < -0.3 is 0 Å². The first-order valence-electron chi connectivity index (χ1n) is 4.87. The zero-order valence-corrected chi connectivity index (χ0v) is 10.6. The summed E-state index contributed by atoms with van der Waals surface area (Å²) in [6.45, 7) is 3.37. The molecule has 18 heavy (non-hydrogen) atoms. The van der Waals surface area contributed by atoms with E-state index < -0.39 is 11.7 Å². The number of nitrogens with zero attached hydrogens (tertiary/aromatic N) is 3. The molecule has 0 aromatic heterocycles. The number of hydrogen-bond donors (Lipinski definition) is 0. The average Bonchev–Trinajstić information content (AvgIpc) is 2.33. The van der Waals surface area contributed by atoms with Crippen LogP contribution >= 0.6 is 23.4 Å². The lowest BCUT2D eigenvalue weighted by Crippen LogP contribution is -2.04. The lowest BCUT2D eigenvalue weighted by atomic mass is 10.2. The molecule has 92 valence electrons. The standard InChI is InChI=1S/C11H7ClFN3OS/c1-6-10(17)14-11(16-15-6)18-5-7-8(12)3-2-4-9(7)13/h2-4H,1,5H2. The average molecular weight is 284 g/mol. The molecular weight excluding hydrogens is 277 g/mol. The zero-order valence-electron chi connectivity index (χ0n) is 9.06. The fraction of sp³-hybridized carbons (Fsp3) is 0.0909. The number of rotatable bonds is 2. The summed E-state index contributed by atoms with van der Waals surface area (Å²) in [4.78, 5) is 14.8. The second kappa shape index (κ2) is 5.41. The van der Waals surface area contributed by atoms with E-state index in [1.807, 2.05) is 0 Å². The van der Waals surface area contributed by atoms with Crippen LogP contribution in [0.3, 0.4) is 0 Å². The van der Waals surface area contributed by atoms with E-state index in [1.165, 1.54) is 12.1 Å². The van der Waals surface area contributed by atoms with Gasteiger partial charge in [-0.15, -0.1) is 10.2 Å². The predicted molar refractivity (Wildman–Crippen MR) is 69.1 cm³/mol. The van der Waals surface area contributed by atoms with Gasteiger partial charge in [0.25, 0.3) is 5.91 Å². The van der Waals surface area contributed by atoms with E-state index in [-0.39, 0.29) is 16.6 Å². The lowest BCUT2D eigenvalue weighted by Gasteiger charge is -2.06. The Balaban J connectivity index is 2.09. The summed E-state index contributed by atoms with van der Waals surface area (Å²) in [6.07, 6.45) is 0. The van der Waals surface area contributed by atoms with Gasteiger partial charge in [-0.1, -0.05) is 36.0 Å². The minimum Gasteiger partial charge on any atom is -0.265 e. The molecule has 1 aromatic carbocycles. The molecule has 1 aliphatic rings. The van der Waals surface area contributed by atoms with Gasteiger partial charge in [-0.05, 0) is 12.1 Å². The van der Waals surface area contributed by atoms with Crippen molar-refractivity contribution in [2.75, 3.05) is 0 Å². The summed E-state index contributed by atoms with van der Waals surface area (Å²) in [5.74, 6) is -0.713. The molecular formula is C11H7ClFN3OS. The Hall–Kier alpha value is -1.53. The van der Waals surface area contributed by atoms with Crippen molar-refractivity contribution in [3.8, 4) is 0 Å². The summed E-state index contributed by atoms with van der Waals surface area (Å²) in [5.41, 5.74) is 0.335. The Labute approximate surface area is 112 Å². The van der Waals surface area contributed by atoms with Crippen LogP contribution in [0.5, 0.6) is 0 Å². The highest BCUT2D eigenvalue weighted by atomic mass is 35.5. The number of azo groups is 1. The fourth-order valence-electron chi connectivity index (χ4n) is 1.19. The SMILES string of the molecule is C=C1N=NC(SCc2c(F)cccc2Cl)=NC1=O. The van der Waals surface area contributed by atoms with Crippen LogP contribution in [-0.4, -0.2) is 11.1 Å². The number of carbonyl (C=O) groups excluding carboxylic acids is 1.